The molecule has 1 aromatic rings. The van der Waals surface area contributed by atoms with Gasteiger partial charge in [-0.3, -0.25) is 16.0 Å². The predicted octanol–water partition coefficient (Wildman–Crippen LogP) is 2.78. The minimum Gasteiger partial charge on any atom is -0.376 e. The van der Waals surface area contributed by atoms with Gasteiger partial charge in [-0.05, 0) is 32.1 Å². The van der Waals surface area contributed by atoms with Crippen molar-refractivity contribution in [2.75, 3.05) is 6.61 Å². The summed E-state index contributed by atoms with van der Waals surface area (Å²) in [6.45, 7) is 5.89. The highest BCUT2D eigenvalue weighted by Gasteiger charge is 2.32. The average Bonchev–Trinajstić information content (AvgIpc) is 2.97. The summed E-state index contributed by atoms with van der Waals surface area (Å²) in [5.74, 6) is 6.45. The summed E-state index contributed by atoms with van der Waals surface area (Å²) in [5.41, 5.74) is 4.11. The van der Waals surface area contributed by atoms with Crippen LogP contribution in [-0.4, -0.2) is 22.5 Å². The van der Waals surface area contributed by atoms with Crippen molar-refractivity contribution in [3.63, 3.8) is 0 Å². The molecule has 1 aromatic heterocycles. The van der Waals surface area contributed by atoms with Gasteiger partial charge in [-0.1, -0.05) is 26.2 Å². The molecule has 1 saturated carbocycles. The van der Waals surface area contributed by atoms with Crippen LogP contribution < -0.4 is 11.3 Å². The largest absolute Gasteiger partial charge is 0.376 e. The molecule has 2 rings (SSSR count). The first-order valence-electron chi connectivity index (χ1n) is 8.40. The first-order valence-corrected chi connectivity index (χ1v) is 8.40. The first kappa shape index (κ1) is 16.5. The lowest BCUT2D eigenvalue weighted by atomic mass is 9.81. The topological polar surface area (TPSA) is 65.1 Å². The third-order valence-electron chi connectivity index (χ3n) is 4.45. The normalized spacial score (nSPS) is 19.6. The van der Waals surface area contributed by atoms with E-state index in [1.807, 2.05) is 10.9 Å². The molecule has 0 amide bonds. The number of ether oxygens (including phenoxy) is 1. The zero-order chi connectivity index (χ0) is 15.1. The molecule has 21 heavy (non-hydrogen) atoms. The third-order valence-corrected chi connectivity index (χ3v) is 4.45. The molecule has 2 unspecified atom stereocenters. The van der Waals surface area contributed by atoms with E-state index in [0.717, 1.165) is 25.1 Å². The van der Waals surface area contributed by atoms with E-state index >= 15 is 0 Å². The second-order valence-electron chi connectivity index (χ2n) is 6.00. The number of aromatic nitrogens is 2. The molecular formula is C16H30N4O. The fourth-order valence-electron chi connectivity index (χ4n) is 3.43. The minimum absolute atomic E-state index is 0.0265. The van der Waals surface area contributed by atoms with Gasteiger partial charge in [0.25, 0.3) is 0 Å². The van der Waals surface area contributed by atoms with E-state index in [-0.39, 0.29) is 12.1 Å². The monoisotopic (exact) mass is 294 g/mol. The summed E-state index contributed by atoms with van der Waals surface area (Å²) >= 11 is 0. The molecule has 0 aliphatic heterocycles. The second-order valence-corrected chi connectivity index (χ2v) is 6.00. The summed E-state index contributed by atoms with van der Waals surface area (Å²) in [5, 5.41) is 4.43. The van der Waals surface area contributed by atoms with E-state index in [4.69, 9.17) is 10.6 Å². The van der Waals surface area contributed by atoms with Gasteiger partial charge in [0, 0.05) is 24.9 Å². The lowest BCUT2D eigenvalue weighted by molar-refractivity contribution is -0.0184. The number of nitrogens with zero attached hydrogens (tertiary/aromatic N) is 2. The maximum Gasteiger partial charge on any atom is 0.0811 e. The van der Waals surface area contributed by atoms with Gasteiger partial charge >= 0.3 is 0 Å². The van der Waals surface area contributed by atoms with E-state index in [9.17, 15) is 0 Å². The highest BCUT2D eigenvalue weighted by molar-refractivity contribution is 5.13. The Balaban J connectivity index is 2.13. The third kappa shape index (κ3) is 4.28. The minimum atomic E-state index is 0.0265. The SMILES string of the molecule is CCCn1cc(C(NN)C(OCC)C2CCCCC2)cn1. The Bertz CT molecular complexity index is 401. The number of nitrogens with one attached hydrogen (secondary N) is 1. The Morgan fingerprint density at radius 2 is 2.14 bits per heavy atom. The zero-order valence-corrected chi connectivity index (χ0v) is 13.4. The molecule has 0 saturated heterocycles. The maximum absolute atomic E-state index is 6.08. The number of hydrazine groups is 1. The molecule has 1 heterocycles. The zero-order valence-electron chi connectivity index (χ0n) is 13.4. The Kier molecular flexibility index (Phi) is 6.67. The lowest BCUT2D eigenvalue weighted by Crippen LogP contribution is -2.42. The highest BCUT2D eigenvalue weighted by atomic mass is 16.5. The number of hydrogen-bond acceptors (Lipinski definition) is 4. The van der Waals surface area contributed by atoms with Crippen LogP contribution in [0, 0.1) is 5.92 Å². The van der Waals surface area contributed by atoms with Crippen LogP contribution in [0.5, 0.6) is 0 Å². The first-order chi connectivity index (χ1) is 10.3. The van der Waals surface area contributed by atoms with Gasteiger partial charge in [0.2, 0.25) is 0 Å². The number of nitrogens with two attached hydrogens (primary N) is 1. The Labute approximate surface area is 128 Å². The van der Waals surface area contributed by atoms with E-state index < -0.39 is 0 Å². The van der Waals surface area contributed by atoms with Crippen LogP contribution in [0.4, 0.5) is 0 Å². The molecule has 0 aromatic carbocycles. The molecule has 2 atom stereocenters. The van der Waals surface area contributed by atoms with Crippen molar-refractivity contribution in [1.29, 1.82) is 0 Å². The van der Waals surface area contributed by atoms with Crippen LogP contribution in [0.1, 0.15) is 64.0 Å². The van der Waals surface area contributed by atoms with Crippen molar-refractivity contribution in [2.24, 2.45) is 11.8 Å². The fourth-order valence-corrected chi connectivity index (χ4v) is 3.43. The summed E-state index contributed by atoms with van der Waals surface area (Å²) in [4.78, 5) is 0. The van der Waals surface area contributed by atoms with Crippen LogP contribution in [0.3, 0.4) is 0 Å². The van der Waals surface area contributed by atoms with Crippen molar-refractivity contribution in [2.45, 2.75) is 71.1 Å². The van der Waals surface area contributed by atoms with E-state index in [0.29, 0.717) is 5.92 Å². The van der Waals surface area contributed by atoms with Crippen molar-refractivity contribution < 1.29 is 4.74 Å². The van der Waals surface area contributed by atoms with Crippen molar-refractivity contribution in [3.05, 3.63) is 18.0 Å². The van der Waals surface area contributed by atoms with Gasteiger partial charge in [-0.2, -0.15) is 5.10 Å². The van der Waals surface area contributed by atoms with Crippen LogP contribution in [0.2, 0.25) is 0 Å². The summed E-state index contributed by atoms with van der Waals surface area (Å²) in [6.07, 6.45) is 11.7. The molecule has 5 heteroatoms. The van der Waals surface area contributed by atoms with Gasteiger partial charge in [0.05, 0.1) is 18.3 Å². The van der Waals surface area contributed by atoms with E-state index in [1.165, 1.54) is 32.1 Å². The summed E-state index contributed by atoms with van der Waals surface area (Å²) < 4.78 is 8.07. The van der Waals surface area contributed by atoms with Crippen LogP contribution in [0.25, 0.3) is 0 Å². The standard InChI is InChI=1S/C16H30N4O/c1-3-10-20-12-14(11-18-20)15(19-17)16(21-4-2)13-8-6-5-7-9-13/h11-13,15-16,19H,3-10,17H2,1-2H3. The van der Waals surface area contributed by atoms with E-state index in [1.54, 1.807) is 0 Å². The fraction of sp³-hybridized carbons (Fsp3) is 0.812. The van der Waals surface area contributed by atoms with Crippen molar-refractivity contribution in [1.82, 2.24) is 15.2 Å². The average molecular weight is 294 g/mol. The molecule has 1 aliphatic carbocycles. The van der Waals surface area contributed by atoms with Gasteiger partial charge in [0.1, 0.15) is 0 Å². The second kappa shape index (κ2) is 8.51. The Hall–Kier alpha value is -0.910. The summed E-state index contributed by atoms with van der Waals surface area (Å²) in [7, 11) is 0. The molecular weight excluding hydrogens is 264 g/mol. The Morgan fingerprint density at radius 3 is 2.76 bits per heavy atom. The van der Waals surface area contributed by atoms with Crippen LogP contribution >= 0.6 is 0 Å². The quantitative estimate of drug-likeness (QED) is 0.571. The van der Waals surface area contributed by atoms with Crippen LogP contribution in [-0.2, 0) is 11.3 Å². The molecule has 0 bridgehead atoms. The van der Waals surface area contributed by atoms with Crippen molar-refractivity contribution in [3.8, 4) is 0 Å². The molecule has 120 valence electrons. The molecule has 5 nitrogen and oxygen atoms in total. The molecule has 1 aliphatic rings. The van der Waals surface area contributed by atoms with E-state index in [2.05, 4.69) is 30.6 Å². The predicted molar refractivity (Wildman–Crippen MR) is 84.6 cm³/mol. The Morgan fingerprint density at radius 1 is 1.38 bits per heavy atom. The van der Waals surface area contributed by atoms with Crippen molar-refractivity contribution >= 4 is 0 Å². The number of rotatable bonds is 8. The smallest absolute Gasteiger partial charge is 0.0811 e. The number of aryl methyl sites for hydroxylation is 1. The lowest BCUT2D eigenvalue weighted by Gasteiger charge is -2.35. The summed E-state index contributed by atoms with van der Waals surface area (Å²) in [6, 6.07) is 0.0265. The molecule has 3 N–H and O–H groups in total. The van der Waals surface area contributed by atoms with Gasteiger partial charge in [-0.25, -0.2) is 0 Å². The van der Waals surface area contributed by atoms with Gasteiger partial charge < -0.3 is 4.74 Å². The van der Waals surface area contributed by atoms with Gasteiger partial charge in [0.15, 0.2) is 0 Å². The molecule has 1 fully saturated rings. The molecule has 0 spiro atoms. The highest BCUT2D eigenvalue weighted by Crippen LogP contribution is 2.34. The maximum atomic E-state index is 6.08. The molecule has 0 radical (unpaired) electrons. The van der Waals surface area contributed by atoms with Gasteiger partial charge in [-0.15, -0.1) is 0 Å². The van der Waals surface area contributed by atoms with Crippen LogP contribution in [0.15, 0.2) is 12.4 Å². The number of hydrogen-bond donors (Lipinski definition) is 2.